The minimum absolute atomic E-state index is 0.0681. The maximum absolute atomic E-state index is 11.9. The highest BCUT2D eigenvalue weighted by atomic mass is 32.2. The van der Waals surface area contributed by atoms with Gasteiger partial charge in [-0.25, -0.2) is 0 Å². The van der Waals surface area contributed by atoms with Crippen molar-refractivity contribution in [2.24, 2.45) is 0 Å². The van der Waals surface area contributed by atoms with E-state index in [0.29, 0.717) is 12.2 Å². The van der Waals surface area contributed by atoms with E-state index < -0.39 is 0 Å². The van der Waals surface area contributed by atoms with Crippen LogP contribution < -0.4 is 5.32 Å². The van der Waals surface area contributed by atoms with Gasteiger partial charge in [0.25, 0.3) is 0 Å². The Morgan fingerprint density at radius 1 is 1.33 bits per heavy atom. The van der Waals surface area contributed by atoms with Crippen molar-refractivity contribution in [3.63, 3.8) is 0 Å². The minimum atomic E-state index is 0.0681. The number of benzene rings is 1. The first-order valence-corrected chi connectivity index (χ1v) is 8.77. The van der Waals surface area contributed by atoms with Crippen LogP contribution in [0.2, 0.25) is 0 Å². The van der Waals surface area contributed by atoms with Crippen LogP contribution in [-0.2, 0) is 4.79 Å². The minimum Gasteiger partial charge on any atom is -0.330 e. The second-order valence-corrected chi connectivity index (χ2v) is 7.61. The lowest BCUT2D eigenvalue weighted by atomic mass is 9.99. The number of aryl methyl sites for hydroxylation is 1. The van der Waals surface area contributed by atoms with Crippen LogP contribution in [0.4, 0.5) is 10.8 Å². The van der Waals surface area contributed by atoms with E-state index >= 15 is 0 Å². The van der Waals surface area contributed by atoms with Crippen molar-refractivity contribution in [1.82, 2.24) is 10.2 Å². The molecule has 1 aromatic heterocycles. The van der Waals surface area contributed by atoms with E-state index in [-0.39, 0.29) is 5.25 Å². The summed E-state index contributed by atoms with van der Waals surface area (Å²) in [4.78, 5) is 11.9. The molecule has 3 rings (SSSR count). The second kappa shape index (κ2) is 6.58. The summed E-state index contributed by atoms with van der Waals surface area (Å²) < 4.78 is 0.866. The molecule has 1 atom stereocenters. The van der Waals surface area contributed by atoms with Crippen molar-refractivity contribution in [2.45, 2.75) is 42.2 Å². The van der Waals surface area contributed by atoms with Gasteiger partial charge >= 0.3 is 0 Å². The van der Waals surface area contributed by atoms with Crippen LogP contribution in [0.3, 0.4) is 0 Å². The van der Waals surface area contributed by atoms with E-state index in [1.165, 1.54) is 16.9 Å². The van der Waals surface area contributed by atoms with Crippen LogP contribution in [0, 0.1) is 6.92 Å². The lowest BCUT2D eigenvalue weighted by molar-refractivity contribution is -0.119. The quantitative estimate of drug-likeness (QED) is 0.915. The molecule has 4 nitrogen and oxygen atoms in total. The third-order valence-corrected chi connectivity index (χ3v) is 5.66. The summed E-state index contributed by atoms with van der Waals surface area (Å²) in [6.07, 6.45) is 3.84. The highest BCUT2D eigenvalue weighted by molar-refractivity contribution is 8.02. The van der Waals surface area contributed by atoms with Gasteiger partial charge in [0.15, 0.2) is 4.34 Å². The number of ketones is 1. The number of Topliss-reactive ketones (excluding diaryl/α,β-unsaturated/α-hetero) is 1. The van der Waals surface area contributed by atoms with Gasteiger partial charge in [0.2, 0.25) is 5.13 Å². The van der Waals surface area contributed by atoms with Crippen LogP contribution in [0.25, 0.3) is 0 Å². The first-order valence-electron chi connectivity index (χ1n) is 7.07. The average molecular weight is 319 g/mol. The Bertz CT molecular complexity index is 641. The molecule has 1 heterocycles. The van der Waals surface area contributed by atoms with Gasteiger partial charge in [0.05, 0.1) is 5.25 Å². The lowest BCUT2D eigenvalue weighted by Crippen LogP contribution is -2.21. The average Bonchev–Trinajstić information content (AvgIpc) is 2.89. The van der Waals surface area contributed by atoms with Crippen LogP contribution >= 0.6 is 23.1 Å². The van der Waals surface area contributed by atoms with Crippen molar-refractivity contribution in [2.75, 3.05) is 5.32 Å². The molecule has 1 aliphatic rings. The van der Waals surface area contributed by atoms with Crippen molar-refractivity contribution >= 4 is 39.7 Å². The Hall–Kier alpha value is -1.40. The predicted octanol–water partition coefficient (Wildman–Crippen LogP) is 4.19. The van der Waals surface area contributed by atoms with Gasteiger partial charge < -0.3 is 5.32 Å². The second-order valence-electron chi connectivity index (χ2n) is 5.19. The fraction of sp³-hybridized carbons (Fsp3) is 0.400. The Kier molecular flexibility index (Phi) is 4.55. The Labute approximate surface area is 132 Å². The number of aromatic nitrogens is 2. The van der Waals surface area contributed by atoms with Gasteiger partial charge in [-0.2, -0.15) is 0 Å². The topological polar surface area (TPSA) is 54.9 Å². The fourth-order valence-corrected chi connectivity index (χ4v) is 4.49. The van der Waals surface area contributed by atoms with Gasteiger partial charge in [-0.1, -0.05) is 41.7 Å². The number of rotatable bonds is 4. The van der Waals surface area contributed by atoms with Crippen LogP contribution in [0.15, 0.2) is 28.6 Å². The highest BCUT2D eigenvalue weighted by Gasteiger charge is 2.24. The molecule has 1 aliphatic carbocycles. The normalized spacial score (nSPS) is 18.7. The summed E-state index contributed by atoms with van der Waals surface area (Å²) >= 11 is 3.07. The van der Waals surface area contributed by atoms with Gasteiger partial charge in [-0.3, -0.25) is 4.79 Å². The zero-order valence-corrected chi connectivity index (χ0v) is 13.5. The van der Waals surface area contributed by atoms with Crippen molar-refractivity contribution in [1.29, 1.82) is 0 Å². The summed E-state index contributed by atoms with van der Waals surface area (Å²) in [5.41, 5.74) is 2.21. The molecule has 110 valence electrons. The summed E-state index contributed by atoms with van der Waals surface area (Å²) in [5.74, 6) is 0.356. The smallest absolute Gasteiger partial charge is 0.210 e. The molecule has 0 unspecified atom stereocenters. The van der Waals surface area contributed by atoms with E-state index in [9.17, 15) is 4.79 Å². The first-order chi connectivity index (χ1) is 10.2. The Morgan fingerprint density at radius 2 is 2.24 bits per heavy atom. The monoisotopic (exact) mass is 319 g/mol. The van der Waals surface area contributed by atoms with Gasteiger partial charge in [0.1, 0.15) is 5.78 Å². The van der Waals surface area contributed by atoms with E-state index in [1.54, 1.807) is 11.8 Å². The molecule has 1 saturated carbocycles. The van der Waals surface area contributed by atoms with Crippen LogP contribution in [0.5, 0.6) is 0 Å². The SMILES string of the molecule is Cc1cccc(Nc2nnc(S[C@@H]3CCCCC3=O)s2)c1. The number of carbonyl (C=O) groups is 1. The summed E-state index contributed by atoms with van der Waals surface area (Å²) in [7, 11) is 0. The molecule has 0 saturated heterocycles. The van der Waals surface area contributed by atoms with Crippen molar-refractivity contribution in [3.05, 3.63) is 29.8 Å². The van der Waals surface area contributed by atoms with Crippen LogP contribution in [-0.4, -0.2) is 21.2 Å². The Balaban J connectivity index is 1.64. The molecule has 0 aliphatic heterocycles. The number of carbonyl (C=O) groups excluding carboxylic acids is 1. The third-order valence-electron chi connectivity index (χ3n) is 3.42. The summed E-state index contributed by atoms with van der Waals surface area (Å²) in [5, 5.41) is 12.4. The van der Waals surface area contributed by atoms with E-state index in [4.69, 9.17) is 0 Å². The van der Waals surface area contributed by atoms with E-state index in [1.807, 2.05) is 12.1 Å². The molecule has 0 bridgehead atoms. The molecule has 21 heavy (non-hydrogen) atoms. The molecule has 1 fully saturated rings. The van der Waals surface area contributed by atoms with Gasteiger partial charge in [-0.15, -0.1) is 10.2 Å². The third kappa shape index (κ3) is 3.83. The zero-order valence-electron chi connectivity index (χ0n) is 11.8. The Morgan fingerprint density at radius 3 is 3.05 bits per heavy atom. The summed E-state index contributed by atoms with van der Waals surface area (Å²) in [6, 6.07) is 8.14. The molecule has 1 aromatic carbocycles. The highest BCUT2D eigenvalue weighted by Crippen LogP contribution is 2.35. The summed E-state index contributed by atoms with van der Waals surface area (Å²) in [6.45, 7) is 2.06. The number of thioether (sulfide) groups is 1. The number of nitrogens with zero attached hydrogens (tertiary/aromatic N) is 2. The van der Waals surface area contributed by atoms with Crippen LogP contribution in [0.1, 0.15) is 31.2 Å². The number of nitrogens with one attached hydrogen (secondary N) is 1. The maximum Gasteiger partial charge on any atom is 0.210 e. The van der Waals surface area contributed by atoms with Gasteiger partial charge in [-0.05, 0) is 37.5 Å². The van der Waals surface area contributed by atoms with Crippen molar-refractivity contribution in [3.8, 4) is 0 Å². The molecule has 0 amide bonds. The van der Waals surface area contributed by atoms with Crippen molar-refractivity contribution < 1.29 is 4.79 Å². The lowest BCUT2D eigenvalue weighted by Gasteiger charge is -2.17. The molecule has 1 N–H and O–H groups in total. The molecule has 0 radical (unpaired) electrons. The largest absolute Gasteiger partial charge is 0.330 e. The predicted molar refractivity (Wildman–Crippen MR) is 87.5 cm³/mol. The van der Waals surface area contributed by atoms with E-state index in [0.717, 1.165) is 34.4 Å². The first kappa shape index (κ1) is 14.5. The molecular formula is C15H17N3OS2. The van der Waals surface area contributed by atoms with Gasteiger partial charge in [0, 0.05) is 12.1 Å². The number of hydrogen-bond donors (Lipinski definition) is 1. The number of hydrogen-bond acceptors (Lipinski definition) is 6. The fourth-order valence-electron chi connectivity index (χ4n) is 2.35. The molecule has 6 heteroatoms. The molecule has 0 spiro atoms. The van der Waals surface area contributed by atoms with E-state index in [2.05, 4.69) is 34.6 Å². The number of anilines is 2. The maximum atomic E-state index is 11.9. The molecular weight excluding hydrogens is 302 g/mol. The molecule has 2 aromatic rings. The standard InChI is InChI=1S/C15H17N3OS2/c1-10-5-4-6-11(9-10)16-14-17-18-15(21-14)20-13-8-3-2-7-12(13)19/h4-6,9,13H,2-3,7-8H2,1H3,(H,16,17)/t13-/m1/s1. The zero-order chi connectivity index (χ0) is 14.7.